The molecule has 26 nitrogen and oxygen atoms in total. The van der Waals surface area contributed by atoms with Crippen molar-refractivity contribution in [2.24, 2.45) is 0 Å². The summed E-state index contributed by atoms with van der Waals surface area (Å²) in [6.45, 7) is 10.3. The summed E-state index contributed by atoms with van der Waals surface area (Å²) in [4.78, 5) is 24.6. The fourth-order valence-electron chi connectivity index (χ4n) is 17.3. The van der Waals surface area contributed by atoms with Crippen LogP contribution >= 0.6 is 0 Å². The molecular weight excluding hydrogens is 1360 g/mol. The van der Waals surface area contributed by atoms with Crippen molar-refractivity contribution in [2.75, 3.05) is 0 Å². The maximum absolute atomic E-state index is 5.06. The van der Waals surface area contributed by atoms with Crippen molar-refractivity contribution in [1.82, 2.24) is 132 Å². The molecule has 536 valence electrons. The lowest BCUT2D eigenvalue weighted by molar-refractivity contribution is 0.689. The molecule has 0 spiro atoms. The van der Waals surface area contributed by atoms with Crippen molar-refractivity contribution in [3.8, 4) is 56.4 Å². The third kappa shape index (κ3) is 11.0. The molecule has 24 rings (SSSR count). The predicted octanol–water partition coefficient (Wildman–Crippen LogP) is 16.2. The first-order chi connectivity index (χ1) is 53.6. The molecule has 0 amide bonds. The van der Waals surface area contributed by atoms with E-state index in [2.05, 4.69) is 176 Å². The van der Waals surface area contributed by atoms with E-state index in [0.717, 1.165) is 202 Å². The van der Waals surface area contributed by atoms with Gasteiger partial charge in [-0.05, 0) is 235 Å². The van der Waals surface area contributed by atoms with E-state index >= 15 is 0 Å². The smallest absolute Gasteiger partial charge is 0.131 e. The molecule has 4 aliphatic carbocycles. The minimum atomic E-state index is 0.826. The van der Waals surface area contributed by atoms with E-state index in [1.807, 2.05) is 87.8 Å². The maximum atomic E-state index is 5.06. The molecule has 0 saturated heterocycles. The summed E-state index contributed by atoms with van der Waals surface area (Å²) in [5.74, 6) is 0. The summed E-state index contributed by atoms with van der Waals surface area (Å²) < 4.78 is 0. The van der Waals surface area contributed by atoms with Crippen molar-refractivity contribution in [1.29, 1.82) is 0 Å². The van der Waals surface area contributed by atoms with Crippen molar-refractivity contribution < 1.29 is 0 Å². The number of rotatable bonds is 5. The van der Waals surface area contributed by atoms with Gasteiger partial charge in [-0.15, -0.1) is 0 Å². The summed E-state index contributed by atoms with van der Waals surface area (Å²) in [5, 5.41) is 87.7. The monoisotopic (exact) mass is 1430 g/mol. The van der Waals surface area contributed by atoms with Gasteiger partial charge in [-0.3, -0.25) is 45.9 Å². The van der Waals surface area contributed by atoms with E-state index < -0.39 is 0 Å². The number of benzene rings is 5. The van der Waals surface area contributed by atoms with E-state index in [-0.39, 0.29) is 0 Å². The second-order valence-corrected chi connectivity index (χ2v) is 29.1. The molecule has 4 aliphatic rings. The van der Waals surface area contributed by atoms with E-state index in [1.54, 1.807) is 6.20 Å². The Kier molecular flexibility index (Phi) is 15.8. The molecule has 0 radical (unpaired) electrons. The summed E-state index contributed by atoms with van der Waals surface area (Å²) in [7, 11) is 0. The number of aryl methyl sites for hydroxylation is 9. The number of nitrogens with one attached hydrogen (secondary N) is 10. The lowest BCUT2D eigenvalue weighted by atomic mass is 9.82. The zero-order chi connectivity index (χ0) is 73.0. The second-order valence-electron chi connectivity index (χ2n) is 29.1. The van der Waals surface area contributed by atoms with Crippen LogP contribution in [0.25, 0.3) is 165 Å². The predicted molar refractivity (Wildman–Crippen MR) is 424 cm³/mol. The Balaban J connectivity index is 0.0000000896. The topological polar surface area (TPSA) is 364 Å². The molecule has 15 aromatic heterocycles. The molecule has 10 N–H and O–H groups in total. The number of nitrogens with zero attached hydrogens (tertiary/aromatic N) is 16. The van der Waals surface area contributed by atoms with Gasteiger partial charge in [-0.1, -0.05) is 6.42 Å². The number of fused-ring (bicyclic) bond motifs is 23. The molecule has 0 unspecified atom stereocenters. The fourth-order valence-corrected chi connectivity index (χ4v) is 17.3. The molecule has 109 heavy (non-hydrogen) atoms. The highest BCUT2D eigenvalue weighted by atomic mass is 15.3. The zero-order valence-corrected chi connectivity index (χ0v) is 60.7. The van der Waals surface area contributed by atoms with Crippen molar-refractivity contribution in [3.63, 3.8) is 0 Å². The van der Waals surface area contributed by atoms with E-state index in [1.165, 1.54) is 126 Å². The SMILES string of the molecule is Cc1[nH]ncc1-c1cc(C)c2c(ccc3[nH]ncc32)n1.Cc1[nH]ncc1-c1nc2ccc3[nH]ncc3c2c2c1CC2.Cc1[nH]ncc1-c1nc2ccc3[nH]ncc3c2c2c1CCC2.Cc1[nH]ncc1-c1nc2ccc3[nH]ncc3c2c2c1CCCCC2.c1n[nH]nc1-c1nc2ccc3[nH]ncc3c2c2c1CCCC2. The van der Waals surface area contributed by atoms with Crippen molar-refractivity contribution in [3.05, 3.63) is 202 Å². The first-order valence-electron chi connectivity index (χ1n) is 37.3. The van der Waals surface area contributed by atoms with Gasteiger partial charge in [0, 0.05) is 98.9 Å². The molecular formula is C83H74N26. The second kappa shape index (κ2) is 26.5. The minimum absolute atomic E-state index is 0.826. The summed E-state index contributed by atoms with van der Waals surface area (Å²) in [6, 6.07) is 22.7. The minimum Gasteiger partial charge on any atom is -0.282 e. The number of H-pyrrole nitrogens is 10. The highest BCUT2D eigenvalue weighted by Crippen LogP contribution is 2.44. The zero-order valence-electron chi connectivity index (χ0n) is 60.7. The standard InChI is InChI=1S/C19H19N5.C17H15N5.C16H14N6.C16H13N5.C15H13N5/c1-11-14(9-20-23-11)19-13-6-4-2-3-5-12(13)18-15-10-21-24-16(15)7-8-17(18)22-19;1-9-12(7-18-21-9)17-11-4-2-3-10(11)16-13-8-19-22-14(13)5-6-15(16)20-17;1-2-4-10-9(3-1)15-11-7-17-20-12(11)5-6-13(15)19-16(10)14-8-18-22-21-14;1-8-11(6-17-20-8)16-10-3-2-9(10)15-12-7-18-21-13(12)4-5-14(15)19-16;1-8-5-14(10-6-16-19-9(10)2)18-13-4-3-12-11(15(8)13)7-17-20-12/h7-10H,2-6H2,1H3,(H,20,23)(H,21,24);5-8H,2-4H2,1H3,(H,18,21)(H,19,22);5-8H,1-4H2,(H,17,20)(H,18,21,22);4-7H,2-3H2,1H3,(H,17,20)(H,18,21);3-7H,1-2H3,(H,16,19)(H,17,20). The van der Waals surface area contributed by atoms with Crippen molar-refractivity contribution >= 4 is 109 Å². The molecule has 0 fully saturated rings. The number of pyridine rings is 5. The number of aromatic amines is 10. The van der Waals surface area contributed by atoms with E-state index in [4.69, 9.17) is 24.9 Å². The van der Waals surface area contributed by atoms with Gasteiger partial charge in [0.2, 0.25) is 0 Å². The molecule has 20 aromatic rings. The van der Waals surface area contributed by atoms with Crippen LogP contribution in [0.3, 0.4) is 0 Å². The Morgan fingerprint density at radius 3 is 0.936 bits per heavy atom. The lowest BCUT2D eigenvalue weighted by Gasteiger charge is -2.24. The van der Waals surface area contributed by atoms with Crippen LogP contribution in [-0.2, 0) is 51.4 Å². The van der Waals surface area contributed by atoms with Gasteiger partial charge in [-0.2, -0.15) is 61.3 Å². The third-order valence-electron chi connectivity index (χ3n) is 22.7. The summed E-state index contributed by atoms with van der Waals surface area (Å²) in [6.07, 6.45) is 34.9. The van der Waals surface area contributed by atoms with Gasteiger partial charge in [0.15, 0.2) is 0 Å². The van der Waals surface area contributed by atoms with Gasteiger partial charge in [0.05, 0.1) is 146 Å². The largest absolute Gasteiger partial charge is 0.282 e. The Labute approximate surface area is 620 Å². The molecule has 5 aromatic carbocycles. The fraction of sp³-hybridized carbons (Fsp3) is 0.229. The van der Waals surface area contributed by atoms with Crippen LogP contribution < -0.4 is 0 Å². The van der Waals surface area contributed by atoms with Gasteiger partial charge in [0.25, 0.3) is 0 Å². The number of hydrogen-bond acceptors (Lipinski definition) is 16. The van der Waals surface area contributed by atoms with E-state index in [9.17, 15) is 0 Å². The van der Waals surface area contributed by atoms with Gasteiger partial charge in [-0.25, -0.2) is 24.9 Å². The van der Waals surface area contributed by atoms with Crippen LogP contribution in [0, 0.1) is 34.6 Å². The van der Waals surface area contributed by atoms with Crippen LogP contribution in [-0.4, -0.2) is 132 Å². The van der Waals surface area contributed by atoms with Gasteiger partial charge < -0.3 is 0 Å². The first kappa shape index (κ1) is 65.0. The Morgan fingerprint density at radius 2 is 0.560 bits per heavy atom. The lowest BCUT2D eigenvalue weighted by Crippen LogP contribution is -2.13. The van der Waals surface area contributed by atoms with Crippen LogP contribution in [0.4, 0.5) is 0 Å². The quantitative estimate of drug-likeness (QED) is 0.0716. The maximum Gasteiger partial charge on any atom is 0.131 e. The first-order valence-corrected chi connectivity index (χ1v) is 37.3. The molecule has 0 aliphatic heterocycles. The van der Waals surface area contributed by atoms with Crippen LogP contribution in [0.15, 0.2) is 129 Å². The van der Waals surface area contributed by atoms with Crippen LogP contribution in [0.1, 0.15) is 111 Å². The highest BCUT2D eigenvalue weighted by molar-refractivity contribution is 6.12. The van der Waals surface area contributed by atoms with Gasteiger partial charge in [0.1, 0.15) is 5.69 Å². The number of aromatic nitrogens is 26. The molecule has 26 heteroatoms. The van der Waals surface area contributed by atoms with E-state index in [0.29, 0.717) is 0 Å². The molecule has 0 bridgehead atoms. The van der Waals surface area contributed by atoms with Crippen molar-refractivity contribution in [2.45, 2.75) is 125 Å². The Morgan fingerprint density at radius 1 is 0.248 bits per heavy atom. The third-order valence-corrected chi connectivity index (χ3v) is 22.7. The average molecular weight is 1440 g/mol. The normalized spacial score (nSPS) is 13.8. The average Bonchev–Trinajstić information content (AvgIpc) is 1.66. The molecule has 0 saturated carbocycles. The number of hydrogen-bond donors (Lipinski definition) is 10. The summed E-state index contributed by atoms with van der Waals surface area (Å²) >= 11 is 0. The summed E-state index contributed by atoms with van der Waals surface area (Å²) in [5.41, 5.74) is 37.5. The molecule has 15 heterocycles. The Bertz CT molecular complexity index is 6920. The van der Waals surface area contributed by atoms with Crippen LogP contribution in [0.5, 0.6) is 0 Å². The molecule has 0 atom stereocenters. The van der Waals surface area contributed by atoms with Crippen LogP contribution in [0.2, 0.25) is 0 Å². The van der Waals surface area contributed by atoms with Gasteiger partial charge >= 0.3 is 0 Å². The Hall–Kier alpha value is -13.5. The highest BCUT2D eigenvalue weighted by Gasteiger charge is 2.29.